The molecule has 0 aromatic carbocycles. The number of aliphatic hydroxyl groups excluding tert-OH is 4. The van der Waals surface area contributed by atoms with Crippen LogP contribution in [0.25, 0.3) is 0 Å². The van der Waals surface area contributed by atoms with Gasteiger partial charge < -0.3 is 40.3 Å². The van der Waals surface area contributed by atoms with E-state index in [1.807, 2.05) is 0 Å². The van der Waals surface area contributed by atoms with Crippen LogP contribution in [0.3, 0.4) is 0 Å². The zero-order chi connectivity index (χ0) is 20.2. The Morgan fingerprint density at radius 3 is 2.19 bits per heavy atom. The molecule has 11 heteroatoms. The lowest BCUT2D eigenvalue weighted by atomic mass is 9.99. The van der Waals surface area contributed by atoms with Gasteiger partial charge >= 0.3 is 0 Å². The molecular weight excluding hydrogens is 379 g/mol. The molecule has 1 saturated heterocycles. The molecule has 0 spiro atoms. The predicted molar refractivity (Wildman–Crippen MR) is 98.3 cm³/mol. The summed E-state index contributed by atoms with van der Waals surface area (Å²) in [5.74, 6) is -0.146. The maximum Gasteiger partial charge on any atom is 0.222 e. The second-order valence-corrected chi connectivity index (χ2v) is 6.69. The van der Waals surface area contributed by atoms with Crippen LogP contribution in [-0.4, -0.2) is 82.7 Å². The van der Waals surface area contributed by atoms with Gasteiger partial charge in [-0.3, -0.25) is 9.59 Å². The lowest BCUT2D eigenvalue weighted by molar-refractivity contribution is -0.300. The molecule has 0 aromatic rings. The number of nitrogens with one attached hydrogen (secondary N) is 2. The van der Waals surface area contributed by atoms with Crippen LogP contribution < -0.4 is 10.4 Å². The molecule has 0 aromatic heterocycles. The van der Waals surface area contributed by atoms with Gasteiger partial charge in [0, 0.05) is 19.4 Å². The summed E-state index contributed by atoms with van der Waals surface area (Å²) in [7, 11) is 2.17. The molecule has 0 saturated carbocycles. The zero-order valence-electron chi connectivity index (χ0n) is 15.2. The Bertz CT molecular complexity index is 454. The molecule has 2 amide bonds. The highest BCUT2D eigenvalue weighted by atomic mass is 31.0. The van der Waals surface area contributed by atoms with Gasteiger partial charge in [0.1, 0.15) is 24.4 Å². The maximum absolute atomic E-state index is 11.7. The number of hydrogen-bond donors (Lipinski definition) is 6. The lowest BCUT2D eigenvalue weighted by Gasteiger charge is -2.39. The number of carbonyl (C=O) groups is 2. The van der Waals surface area contributed by atoms with Gasteiger partial charge in [-0.05, 0) is 22.2 Å². The van der Waals surface area contributed by atoms with Crippen LogP contribution in [0.5, 0.6) is 0 Å². The van der Waals surface area contributed by atoms with Crippen LogP contribution in [0.4, 0.5) is 0 Å². The summed E-state index contributed by atoms with van der Waals surface area (Å²) in [5.41, 5.74) is 0. The third-order valence-electron chi connectivity index (χ3n) is 4.27. The van der Waals surface area contributed by atoms with Crippen molar-refractivity contribution in [1.82, 2.24) is 10.4 Å². The molecular formula is C16H31N2O8P. The Balaban J connectivity index is 2.10. The lowest BCUT2D eigenvalue weighted by Crippen LogP contribution is -2.59. The Morgan fingerprint density at radius 2 is 1.59 bits per heavy atom. The largest absolute Gasteiger partial charge is 0.394 e. The molecule has 0 bridgehead atoms. The first-order chi connectivity index (χ1) is 12.9. The molecule has 1 heterocycles. The molecule has 0 radical (unpaired) electrons. The van der Waals surface area contributed by atoms with Gasteiger partial charge in [-0.15, -0.1) is 0 Å². The fourth-order valence-corrected chi connectivity index (χ4v) is 2.80. The fourth-order valence-electron chi connectivity index (χ4n) is 2.66. The van der Waals surface area contributed by atoms with Crippen LogP contribution in [0.15, 0.2) is 0 Å². The first kappa shape index (κ1) is 24.2. The number of unbranched alkanes of at least 4 members (excludes halogenated alkanes) is 3. The summed E-state index contributed by atoms with van der Waals surface area (Å²) in [6, 6.07) is 0. The molecule has 6 N–H and O–H groups in total. The van der Waals surface area contributed by atoms with Crippen molar-refractivity contribution in [2.45, 2.75) is 69.2 Å². The maximum atomic E-state index is 11.7. The number of carbonyl (C=O) groups excluding carboxylic acids is 2. The first-order valence-corrected chi connectivity index (χ1v) is 9.66. The van der Waals surface area contributed by atoms with Crippen LogP contribution in [0.1, 0.15) is 38.5 Å². The van der Waals surface area contributed by atoms with E-state index in [1.165, 1.54) is 0 Å². The molecule has 1 aliphatic heterocycles. The van der Waals surface area contributed by atoms with Gasteiger partial charge in [0.15, 0.2) is 6.29 Å². The van der Waals surface area contributed by atoms with Crippen LogP contribution in [-0.2, 0) is 19.1 Å². The number of ether oxygens (including phenoxy) is 2. The molecule has 1 unspecified atom stereocenters. The minimum absolute atomic E-state index is 0.0165. The Morgan fingerprint density at radius 1 is 0.963 bits per heavy atom. The van der Waals surface area contributed by atoms with Crippen molar-refractivity contribution < 1.29 is 39.5 Å². The topological polar surface area (TPSA) is 158 Å². The van der Waals surface area contributed by atoms with Gasteiger partial charge in [-0.25, -0.2) is 0 Å². The summed E-state index contributed by atoms with van der Waals surface area (Å²) in [6.45, 7) is -0.287. The highest BCUT2D eigenvalue weighted by Gasteiger charge is 2.43. The number of amides is 2. The number of hydrogen-bond acceptors (Lipinski definition) is 8. The summed E-state index contributed by atoms with van der Waals surface area (Å²) in [4.78, 5) is 22.8. The Labute approximate surface area is 160 Å². The average molecular weight is 410 g/mol. The number of aliphatic hydroxyl groups is 4. The molecule has 27 heavy (non-hydrogen) atoms. The Hall–Kier alpha value is -0.870. The van der Waals surface area contributed by atoms with Gasteiger partial charge in [0.2, 0.25) is 11.8 Å². The molecule has 158 valence electrons. The third kappa shape index (κ3) is 8.78. The highest BCUT2D eigenvalue weighted by molar-refractivity contribution is 7.15. The highest BCUT2D eigenvalue weighted by Crippen LogP contribution is 2.21. The van der Waals surface area contributed by atoms with E-state index in [2.05, 4.69) is 19.8 Å². The van der Waals surface area contributed by atoms with E-state index in [4.69, 9.17) is 14.6 Å². The third-order valence-corrected chi connectivity index (χ3v) is 4.60. The smallest absolute Gasteiger partial charge is 0.222 e. The van der Waals surface area contributed by atoms with E-state index < -0.39 is 37.3 Å². The molecule has 1 rings (SSSR count). The van der Waals surface area contributed by atoms with Gasteiger partial charge in [-0.2, -0.15) is 0 Å². The van der Waals surface area contributed by atoms with Crippen LogP contribution >= 0.6 is 9.39 Å². The van der Waals surface area contributed by atoms with E-state index in [1.54, 1.807) is 0 Å². The quantitative estimate of drug-likeness (QED) is 0.162. The summed E-state index contributed by atoms with van der Waals surface area (Å²) >= 11 is 0. The van der Waals surface area contributed by atoms with Crippen molar-refractivity contribution in [2.75, 3.05) is 19.8 Å². The first-order valence-electron chi connectivity index (χ1n) is 9.09. The van der Waals surface area contributed by atoms with E-state index >= 15 is 0 Å². The normalized spacial score (nSPS) is 28.0. The van der Waals surface area contributed by atoms with E-state index in [9.17, 15) is 24.9 Å². The van der Waals surface area contributed by atoms with Crippen molar-refractivity contribution in [3.63, 3.8) is 0 Å². The van der Waals surface area contributed by atoms with E-state index in [0.29, 0.717) is 12.8 Å². The molecule has 1 aliphatic rings. The van der Waals surface area contributed by atoms with E-state index in [-0.39, 0.29) is 25.0 Å². The second-order valence-electron chi connectivity index (χ2n) is 6.40. The molecule has 0 aliphatic carbocycles. The summed E-state index contributed by atoms with van der Waals surface area (Å²) < 4.78 is 10.5. The zero-order valence-corrected chi connectivity index (χ0v) is 16.4. The SMILES string of the molecule is O=C(CCCCCCC(=O)NCCO[C@H]1O[C@H](CO)[C@@H](O)[C@H](O)[C@@H]1O)NP. The summed E-state index contributed by atoms with van der Waals surface area (Å²) in [5, 5.41) is 43.4. The standard InChI is InChI=1S/C16H31N2O8P/c19-9-10-13(22)14(23)15(24)16(26-10)25-8-7-17-11(20)5-3-1-2-4-6-12(21)18-27/h10,13-16,19,22-24H,1-9,27H2,(H,17,20)(H,18,21)/t10-,13-,14+,15+,16+/m1/s1. The monoisotopic (exact) mass is 410 g/mol. The van der Waals surface area contributed by atoms with Crippen molar-refractivity contribution in [1.29, 1.82) is 0 Å². The second kappa shape index (κ2) is 13.3. The van der Waals surface area contributed by atoms with Gasteiger partial charge in [-0.1, -0.05) is 12.8 Å². The van der Waals surface area contributed by atoms with Crippen molar-refractivity contribution in [2.24, 2.45) is 0 Å². The molecule has 10 nitrogen and oxygen atoms in total. The fraction of sp³-hybridized carbons (Fsp3) is 0.875. The van der Waals surface area contributed by atoms with Crippen molar-refractivity contribution >= 4 is 21.2 Å². The van der Waals surface area contributed by atoms with E-state index in [0.717, 1.165) is 25.7 Å². The van der Waals surface area contributed by atoms with Crippen LogP contribution in [0, 0.1) is 0 Å². The van der Waals surface area contributed by atoms with Crippen molar-refractivity contribution in [3.8, 4) is 0 Å². The average Bonchev–Trinajstić information content (AvgIpc) is 2.67. The Kier molecular flexibility index (Phi) is 11.9. The minimum Gasteiger partial charge on any atom is -0.394 e. The van der Waals surface area contributed by atoms with Gasteiger partial charge in [0.25, 0.3) is 0 Å². The molecule has 1 fully saturated rings. The molecule has 6 atom stereocenters. The predicted octanol–water partition coefficient (Wildman–Crippen LogP) is -1.83. The number of rotatable bonds is 12. The van der Waals surface area contributed by atoms with Crippen molar-refractivity contribution in [3.05, 3.63) is 0 Å². The van der Waals surface area contributed by atoms with Crippen LogP contribution in [0.2, 0.25) is 0 Å². The van der Waals surface area contributed by atoms with Gasteiger partial charge in [0.05, 0.1) is 13.2 Å². The summed E-state index contributed by atoms with van der Waals surface area (Å²) in [6.07, 6.45) is -2.49. The minimum atomic E-state index is -1.49.